The van der Waals surface area contributed by atoms with Crippen molar-refractivity contribution in [1.29, 1.82) is 0 Å². The molecule has 0 aromatic carbocycles. The third kappa shape index (κ3) is 2.91. The van der Waals surface area contributed by atoms with Crippen molar-refractivity contribution in [1.82, 2.24) is 19.7 Å². The molecular weight excluding hydrogens is 230 g/mol. The lowest BCUT2D eigenvalue weighted by Crippen LogP contribution is -2.17. The summed E-state index contributed by atoms with van der Waals surface area (Å²) in [7, 11) is 0. The molecule has 0 spiro atoms. The fraction of sp³-hybridized carbons (Fsp3) is 0.333. The number of anilines is 1. The predicted molar refractivity (Wildman–Crippen MR) is 67.1 cm³/mol. The average molecular weight is 245 g/mol. The minimum absolute atomic E-state index is 0.277. The maximum atomic E-state index is 11.9. The van der Waals surface area contributed by atoms with E-state index in [2.05, 4.69) is 27.3 Å². The van der Waals surface area contributed by atoms with Gasteiger partial charge in [-0.1, -0.05) is 13.3 Å². The monoisotopic (exact) mass is 245 g/mol. The van der Waals surface area contributed by atoms with E-state index in [1.54, 1.807) is 16.9 Å². The number of aromatic nitrogens is 4. The second kappa shape index (κ2) is 5.90. The van der Waals surface area contributed by atoms with E-state index >= 15 is 0 Å². The molecule has 6 heteroatoms. The van der Waals surface area contributed by atoms with Crippen LogP contribution in [-0.4, -0.2) is 25.7 Å². The molecule has 2 heterocycles. The van der Waals surface area contributed by atoms with Gasteiger partial charge in [-0.3, -0.25) is 9.78 Å². The first-order valence-corrected chi connectivity index (χ1v) is 5.90. The van der Waals surface area contributed by atoms with Gasteiger partial charge in [-0.25, -0.2) is 9.67 Å². The van der Waals surface area contributed by atoms with Crippen LogP contribution in [0.25, 0.3) is 0 Å². The van der Waals surface area contributed by atoms with Gasteiger partial charge in [-0.2, -0.15) is 5.10 Å². The number of rotatable bonds is 5. The van der Waals surface area contributed by atoms with Crippen LogP contribution < -0.4 is 5.32 Å². The Kier molecular flexibility index (Phi) is 4.01. The first-order valence-electron chi connectivity index (χ1n) is 5.90. The molecule has 1 amide bonds. The normalized spacial score (nSPS) is 10.3. The highest BCUT2D eigenvalue weighted by atomic mass is 16.2. The minimum Gasteiger partial charge on any atom is -0.305 e. The molecule has 0 radical (unpaired) electrons. The van der Waals surface area contributed by atoms with E-state index in [-0.39, 0.29) is 5.91 Å². The van der Waals surface area contributed by atoms with E-state index in [0.717, 1.165) is 19.4 Å². The molecule has 0 atom stereocenters. The zero-order valence-electron chi connectivity index (χ0n) is 10.2. The fourth-order valence-corrected chi connectivity index (χ4v) is 1.52. The van der Waals surface area contributed by atoms with Gasteiger partial charge in [0.1, 0.15) is 11.5 Å². The van der Waals surface area contributed by atoms with Crippen molar-refractivity contribution < 1.29 is 4.79 Å². The van der Waals surface area contributed by atoms with Gasteiger partial charge >= 0.3 is 0 Å². The highest BCUT2D eigenvalue weighted by Gasteiger charge is 2.10. The molecule has 0 saturated heterocycles. The first kappa shape index (κ1) is 12.2. The molecule has 0 aliphatic rings. The van der Waals surface area contributed by atoms with Gasteiger partial charge in [-0.15, -0.1) is 0 Å². The van der Waals surface area contributed by atoms with Crippen molar-refractivity contribution in [2.45, 2.75) is 26.3 Å². The second-order valence-corrected chi connectivity index (χ2v) is 3.84. The average Bonchev–Trinajstić information content (AvgIpc) is 2.84. The Hall–Kier alpha value is -2.24. The van der Waals surface area contributed by atoms with Crippen LogP contribution in [0.3, 0.4) is 0 Å². The van der Waals surface area contributed by atoms with E-state index < -0.39 is 0 Å². The van der Waals surface area contributed by atoms with E-state index in [1.807, 2.05) is 0 Å². The Labute approximate surface area is 105 Å². The van der Waals surface area contributed by atoms with E-state index in [1.165, 1.54) is 18.6 Å². The van der Waals surface area contributed by atoms with Crippen LogP contribution in [0.4, 0.5) is 5.82 Å². The Morgan fingerprint density at radius 3 is 3.00 bits per heavy atom. The lowest BCUT2D eigenvalue weighted by Gasteiger charge is -2.07. The number of unbranched alkanes of at least 4 members (excludes halogenated alkanes) is 1. The van der Waals surface area contributed by atoms with Gasteiger partial charge in [0.25, 0.3) is 5.91 Å². The van der Waals surface area contributed by atoms with Gasteiger partial charge in [0.05, 0.1) is 12.4 Å². The third-order valence-corrected chi connectivity index (χ3v) is 2.48. The maximum Gasteiger partial charge on any atom is 0.277 e. The molecule has 0 aliphatic carbocycles. The largest absolute Gasteiger partial charge is 0.305 e. The smallest absolute Gasteiger partial charge is 0.277 e. The van der Waals surface area contributed by atoms with E-state index in [9.17, 15) is 4.79 Å². The molecule has 18 heavy (non-hydrogen) atoms. The van der Waals surface area contributed by atoms with Crippen LogP contribution in [0.5, 0.6) is 0 Å². The van der Waals surface area contributed by atoms with Crippen molar-refractivity contribution in [3.8, 4) is 0 Å². The van der Waals surface area contributed by atoms with Crippen molar-refractivity contribution in [2.24, 2.45) is 0 Å². The fourth-order valence-electron chi connectivity index (χ4n) is 1.52. The van der Waals surface area contributed by atoms with Crippen LogP contribution >= 0.6 is 0 Å². The van der Waals surface area contributed by atoms with Gasteiger partial charge in [0.15, 0.2) is 0 Å². The van der Waals surface area contributed by atoms with Gasteiger partial charge in [0.2, 0.25) is 0 Å². The van der Waals surface area contributed by atoms with E-state index in [4.69, 9.17) is 0 Å². The summed E-state index contributed by atoms with van der Waals surface area (Å²) in [5, 5.41) is 6.94. The number of hydrogen-bond acceptors (Lipinski definition) is 4. The topological polar surface area (TPSA) is 72.7 Å². The number of aryl methyl sites for hydroxylation is 1. The van der Waals surface area contributed by atoms with Crippen LogP contribution in [0, 0.1) is 0 Å². The summed E-state index contributed by atoms with van der Waals surface area (Å²) in [6, 6.07) is 1.77. The van der Waals surface area contributed by atoms with Crippen molar-refractivity contribution in [3.05, 3.63) is 36.5 Å². The minimum atomic E-state index is -0.277. The SMILES string of the molecule is CCCCn1nccc1NC(=O)c1cnccn1. The van der Waals surface area contributed by atoms with Gasteiger partial charge in [0, 0.05) is 25.0 Å². The maximum absolute atomic E-state index is 11.9. The van der Waals surface area contributed by atoms with Gasteiger partial charge in [-0.05, 0) is 6.42 Å². The molecule has 0 unspecified atom stereocenters. The molecule has 6 nitrogen and oxygen atoms in total. The Morgan fingerprint density at radius 2 is 2.28 bits per heavy atom. The molecule has 2 aromatic rings. The molecule has 0 fully saturated rings. The highest BCUT2D eigenvalue weighted by Crippen LogP contribution is 2.09. The van der Waals surface area contributed by atoms with Gasteiger partial charge < -0.3 is 5.32 Å². The summed E-state index contributed by atoms with van der Waals surface area (Å²) in [5.41, 5.74) is 0.292. The Bertz CT molecular complexity index is 508. The van der Waals surface area contributed by atoms with Crippen LogP contribution in [0.15, 0.2) is 30.9 Å². The molecule has 0 saturated carbocycles. The lowest BCUT2D eigenvalue weighted by atomic mass is 10.3. The molecule has 2 aromatic heterocycles. The number of hydrogen-bond donors (Lipinski definition) is 1. The zero-order valence-corrected chi connectivity index (χ0v) is 10.2. The van der Waals surface area contributed by atoms with Crippen molar-refractivity contribution in [2.75, 3.05) is 5.32 Å². The molecule has 2 rings (SSSR count). The summed E-state index contributed by atoms with van der Waals surface area (Å²) >= 11 is 0. The number of amides is 1. The molecular formula is C12H15N5O. The van der Waals surface area contributed by atoms with Crippen molar-refractivity contribution in [3.63, 3.8) is 0 Å². The van der Waals surface area contributed by atoms with E-state index in [0.29, 0.717) is 11.5 Å². The number of carbonyl (C=O) groups is 1. The van der Waals surface area contributed by atoms with Crippen LogP contribution in [-0.2, 0) is 6.54 Å². The summed E-state index contributed by atoms with van der Waals surface area (Å²) in [6.45, 7) is 2.90. The second-order valence-electron chi connectivity index (χ2n) is 3.84. The summed E-state index contributed by atoms with van der Waals surface area (Å²) in [4.78, 5) is 19.7. The summed E-state index contributed by atoms with van der Waals surface area (Å²) in [6.07, 6.45) is 8.22. The van der Waals surface area contributed by atoms with Crippen LogP contribution in [0.2, 0.25) is 0 Å². The molecule has 0 bridgehead atoms. The number of nitrogens with zero attached hydrogens (tertiary/aromatic N) is 4. The number of nitrogens with one attached hydrogen (secondary N) is 1. The third-order valence-electron chi connectivity index (χ3n) is 2.48. The summed E-state index contributed by atoms with van der Waals surface area (Å²) in [5.74, 6) is 0.403. The zero-order chi connectivity index (χ0) is 12.8. The Morgan fingerprint density at radius 1 is 1.39 bits per heavy atom. The quantitative estimate of drug-likeness (QED) is 0.870. The molecule has 94 valence electrons. The highest BCUT2D eigenvalue weighted by molar-refractivity contribution is 6.02. The van der Waals surface area contributed by atoms with Crippen LogP contribution in [0.1, 0.15) is 30.3 Å². The van der Waals surface area contributed by atoms with Crippen molar-refractivity contribution >= 4 is 11.7 Å². The summed E-state index contributed by atoms with van der Waals surface area (Å²) < 4.78 is 1.78. The predicted octanol–water partition coefficient (Wildman–Crippen LogP) is 1.73. The standard InChI is InChI=1S/C12H15N5O/c1-2-3-8-17-11(4-5-15-17)16-12(18)10-9-13-6-7-14-10/h4-7,9H,2-3,8H2,1H3,(H,16,18). The Balaban J connectivity index is 2.05. The first-order chi connectivity index (χ1) is 8.81. The number of carbonyl (C=O) groups excluding carboxylic acids is 1. The molecule has 1 N–H and O–H groups in total. The molecule has 0 aliphatic heterocycles. The lowest BCUT2D eigenvalue weighted by molar-refractivity contribution is 0.102.